The number of rotatable bonds is 21. The van der Waals surface area contributed by atoms with Crippen LogP contribution in [-0.2, 0) is 36.7 Å². The molecule has 0 aliphatic rings. The van der Waals surface area contributed by atoms with Crippen LogP contribution in [0.2, 0.25) is 5.02 Å². The first-order valence-corrected chi connectivity index (χ1v) is 15.8. The molecule has 2 atom stereocenters. The first-order chi connectivity index (χ1) is 21.2. The molecule has 0 heterocycles. The summed E-state index contributed by atoms with van der Waals surface area (Å²) in [5, 5.41) is 24.6. The zero-order chi connectivity index (χ0) is 31.7. The number of carbonyl (C=O) groups is 3. The van der Waals surface area contributed by atoms with Gasteiger partial charge in [0.25, 0.3) is 5.91 Å². The number of halogens is 1. The smallest absolute Gasteiger partial charge is 0.336 e. The van der Waals surface area contributed by atoms with Gasteiger partial charge in [-0.25, -0.2) is 9.59 Å². The van der Waals surface area contributed by atoms with E-state index >= 15 is 0 Å². The van der Waals surface area contributed by atoms with Crippen molar-refractivity contribution < 1.29 is 34.1 Å². The van der Waals surface area contributed by atoms with Crippen molar-refractivity contribution in [3.05, 3.63) is 82.4 Å². The van der Waals surface area contributed by atoms with E-state index in [-0.39, 0.29) is 6.61 Å². The quantitative estimate of drug-likeness (QED) is 0.112. The van der Waals surface area contributed by atoms with Gasteiger partial charge in [0, 0.05) is 18.2 Å². The summed E-state index contributed by atoms with van der Waals surface area (Å²) < 4.78 is 10.8. The summed E-state index contributed by atoms with van der Waals surface area (Å²) in [5.74, 6) is -3.39. The number of aliphatic carboxylic acids is 2. The van der Waals surface area contributed by atoms with Crippen molar-refractivity contribution >= 4 is 40.2 Å². The standard InChI is InChI=1S/C35H44ClNO7/c1-25-16-17-27(23-30(25)36)13-6-3-2-4-10-20-37-34(40)32(33(35(41)42)44-24-31(38)39)43-21-11-5-7-12-26-18-19-28-14-8-9-15-29(28)22-26/h8-9,14-19,22-23,32-33H,2-7,10-13,20-21,24H2,1H3,(H,37,40)(H,38,39)(H,41,42). The Bertz CT molecular complexity index is 1360. The fourth-order valence-corrected chi connectivity index (χ4v) is 5.25. The van der Waals surface area contributed by atoms with E-state index in [4.69, 9.17) is 26.2 Å². The highest BCUT2D eigenvalue weighted by Crippen LogP contribution is 2.19. The molecule has 3 N–H and O–H groups in total. The van der Waals surface area contributed by atoms with Crippen LogP contribution in [0.25, 0.3) is 10.8 Å². The predicted octanol–water partition coefficient (Wildman–Crippen LogP) is 6.76. The van der Waals surface area contributed by atoms with Crippen LogP contribution in [-0.4, -0.2) is 60.0 Å². The number of carboxylic acids is 2. The highest BCUT2D eigenvalue weighted by Gasteiger charge is 2.36. The van der Waals surface area contributed by atoms with E-state index in [9.17, 15) is 19.5 Å². The van der Waals surface area contributed by atoms with Crippen molar-refractivity contribution in [2.45, 2.75) is 83.3 Å². The van der Waals surface area contributed by atoms with E-state index in [0.29, 0.717) is 13.0 Å². The number of hydrogen-bond acceptors (Lipinski definition) is 5. The highest BCUT2D eigenvalue weighted by molar-refractivity contribution is 6.31. The second-order valence-corrected chi connectivity index (χ2v) is 11.5. The number of amides is 1. The summed E-state index contributed by atoms with van der Waals surface area (Å²) in [5.41, 5.74) is 3.54. The molecule has 44 heavy (non-hydrogen) atoms. The molecule has 0 spiro atoms. The van der Waals surface area contributed by atoms with Gasteiger partial charge in [0.1, 0.15) is 6.61 Å². The molecule has 0 radical (unpaired) electrons. The van der Waals surface area contributed by atoms with E-state index < -0.39 is 36.7 Å². The Kier molecular flexibility index (Phi) is 15.2. The van der Waals surface area contributed by atoms with Crippen molar-refractivity contribution in [3.8, 4) is 0 Å². The summed E-state index contributed by atoms with van der Waals surface area (Å²) in [7, 11) is 0. The molecule has 9 heteroatoms. The van der Waals surface area contributed by atoms with E-state index in [2.05, 4.69) is 41.7 Å². The molecule has 3 aromatic rings. The summed E-state index contributed by atoms with van der Waals surface area (Å²) in [6, 6.07) is 20.8. The topological polar surface area (TPSA) is 122 Å². The zero-order valence-corrected chi connectivity index (χ0v) is 26.2. The van der Waals surface area contributed by atoms with Gasteiger partial charge in [-0.15, -0.1) is 0 Å². The Hall–Kier alpha value is -3.46. The first-order valence-electron chi connectivity index (χ1n) is 15.4. The molecule has 3 rings (SSSR count). The van der Waals surface area contributed by atoms with Gasteiger partial charge < -0.3 is 25.0 Å². The Morgan fingerprint density at radius 2 is 1.39 bits per heavy atom. The third kappa shape index (κ3) is 12.3. The van der Waals surface area contributed by atoms with Crippen molar-refractivity contribution in [2.75, 3.05) is 19.8 Å². The maximum absolute atomic E-state index is 13.0. The van der Waals surface area contributed by atoms with Crippen LogP contribution in [0.3, 0.4) is 0 Å². The van der Waals surface area contributed by atoms with Crippen LogP contribution in [0.4, 0.5) is 0 Å². The lowest BCUT2D eigenvalue weighted by Crippen LogP contribution is -2.49. The number of aryl methyl sites for hydroxylation is 3. The van der Waals surface area contributed by atoms with Crippen LogP contribution >= 0.6 is 11.6 Å². The van der Waals surface area contributed by atoms with E-state index in [0.717, 1.165) is 68.4 Å². The lowest BCUT2D eigenvalue weighted by atomic mass is 10.0. The van der Waals surface area contributed by atoms with Gasteiger partial charge in [0.2, 0.25) is 0 Å². The number of benzene rings is 3. The van der Waals surface area contributed by atoms with Gasteiger partial charge in [0.05, 0.1) is 0 Å². The fourth-order valence-electron chi connectivity index (χ4n) is 5.05. The number of fused-ring (bicyclic) bond motifs is 1. The number of nitrogens with one attached hydrogen (secondary N) is 1. The molecule has 0 bridgehead atoms. The lowest BCUT2D eigenvalue weighted by Gasteiger charge is -2.23. The maximum Gasteiger partial charge on any atom is 0.336 e. The average Bonchev–Trinajstić information content (AvgIpc) is 3.00. The molecule has 0 saturated carbocycles. The second kappa shape index (κ2) is 19.0. The molecule has 3 aromatic carbocycles. The summed E-state index contributed by atoms with van der Waals surface area (Å²) in [6.45, 7) is 1.66. The molecule has 8 nitrogen and oxygen atoms in total. The molecule has 0 fully saturated rings. The molecule has 0 aliphatic heterocycles. The summed E-state index contributed by atoms with van der Waals surface area (Å²) in [6.07, 6.45) is 5.80. The minimum Gasteiger partial charge on any atom is -0.480 e. The van der Waals surface area contributed by atoms with Crippen LogP contribution in [0.1, 0.15) is 68.1 Å². The number of unbranched alkanes of at least 4 members (excludes halogenated alkanes) is 6. The van der Waals surface area contributed by atoms with Gasteiger partial charge >= 0.3 is 11.9 Å². The van der Waals surface area contributed by atoms with Gasteiger partial charge in [0.15, 0.2) is 12.2 Å². The van der Waals surface area contributed by atoms with Crippen molar-refractivity contribution in [1.29, 1.82) is 0 Å². The Balaban J connectivity index is 1.38. The number of hydrogen-bond donors (Lipinski definition) is 3. The van der Waals surface area contributed by atoms with Crippen LogP contribution in [0, 0.1) is 6.92 Å². The van der Waals surface area contributed by atoms with Crippen LogP contribution < -0.4 is 5.32 Å². The second-order valence-electron chi connectivity index (χ2n) is 11.1. The Labute approximate surface area is 264 Å². The molecule has 0 saturated heterocycles. The minimum absolute atomic E-state index is 0.155. The maximum atomic E-state index is 13.0. The zero-order valence-electron chi connectivity index (χ0n) is 25.4. The van der Waals surface area contributed by atoms with Gasteiger partial charge in [-0.3, -0.25) is 4.79 Å². The predicted molar refractivity (Wildman–Crippen MR) is 172 cm³/mol. The van der Waals surface area contributed by atoms with E-state index in [1.165, 1.54) is 21.9 Å². The van der Waals surface area contributed by atoms with Gasteiger partial charge in [-0.05, 0) is 79.0 Å². The molecule has 0 aromatic heterocycles. The van der Waals surface area contributed by atoms with Crippen molar-refractivity contribution in [3.63, 3.8) is 0 Å². The minimum atomic E-state index is -1.72. The lowest BCUT2D eigenvalue weighted by molar-refractivity contribution is -0.172. The first kappa shape index (κ1) is 35.0. The van der Waals surface area contributed by atoms with Crippen molar-refractivity contribution in [2.24, 2.45) is 0 Å². The molecule has 0 aliphatic carbocycles. The Morgan fingerprint density at radius 1 is 0.750 bits per heavy atom. The normalized spacial score (nSPS) is 12.6. The SMILES string of the molecule is Cc1ccc(CCCCCCCNC(=O)C(OCCCCCc2ccc3ccccc3c2)C(OCC(=O)O)C(=O)O)cc1Cl. The van der Waals surface area contributed by atoms with Gasteiger partial charge in [-0.2, -0.15) is 0 Å². The monoisotopic (exact) mass is 625 g/mol. The molecule has 1 amide bonds. The largest absolute Gasteiger partial charge is 0.480 e. The number of ether oxygens (including phenoxy) is 2. The van der Waals surface area contributed by atoms with E-state index in [1.54, 1.807) is 0 Å². The number of carboxylic acid groups (broad SMARTS) is 2. The fraction of sp³-hybridized carbons (Fsp3) is 0.457. The number of carbonyl (C=O) groups excluding carboxylic acids is 1. The molecule has 2 unspecified atom stereocenters. The van der Waals surface area contributed by atoms with Gasteiger partial charge in [-0.1, -0.05) is 91.9 Å². The third-order valence-corrected chi connectivity index (χ3v) is 7.97. The molecule has 238 valence electrons. The van der Waals surface area contributed by atoms with Crippen LogP contribution in [0.5, 0.6) is 0 Å². The Morgan fingerprint density at radius 3 is 2.09 bits per heavy atom. The summed E-state index contributed by atoms with van der Waals surface area (Å²) in [4.78, 5) is 35.8. The molecular weight excluding hydrogens is 582 g/mol. The highest BCUT2D eigenvalue weighted by atomic mass is 35.5. The summed E-state index contributed by atoms with van der Waals surface area (Å²) >= 11 is 6.20. The third-order valence-electron chi connectivity index (χ3n) is 7.56. The van der Waals surface area contributed by atoms with Crippen molar-refractivity contribution in [1.82, 2.24) is 5.32 Å². The van der Waals surface area contributed by atoms with Crippen LogP contribution in [0.15, 0.2) is 60.7 Å². The average molecular weight is 626 g/mol. The molecular formula is C35H44ClNO7. The van der Waals surface area contributed by atoms with E-state index in [1.807, 2.05) is 31.2 Å².